The molecule has 0 bridgehead atoms. The highest BCUT2D eigenvalue weighted by Crippen LogP contribution is 2.12. The fourth-order valence-corrected chi connectivity index (χ4v) is 1.68. The second kappa shape index (κ2) is 7.28. The van der Waals surface area contributed by atoms with E-state index < -0.39 is 0 Å². The minimum absolute atomic E-state index is 0.0584. The summed E-state index contributed by atoms with van der Waals surface area (Å²) in [6.45, 7) is 7.12. The van der Waals surface area contributed by atoms with Gasteiger partial charge in [0.15, 0.2) is 0 Å². The molecule has 0 spiro atoms. The molecule has 106 valence electrons. The highest BCUT2D eigenvalue weighted by Gasteiger charge is 2.13. The van der Waals surface area contributed by atoms with Crippen molar-refractivity contribution >= 4 is 11.8 Å². The Labute approximate surface area is 120 Å². The molecule has 0 aliphatic rings. The zero-order chi connectivity index (χ0) is 15.1. The third kappa shape index (κ3) is 4.09. The van der Waals surface area contributed by atoms with Crippen LogP contribution in [0.4, 0.5) is 0 Å². The molecule has 0 atom stereocenters. The van der Waals surface area contributed by atoms with Gasteiger partial charge in [-0.1, -0.05) is 37.4 Å². The minimum Gasteiger partial charge on any atom is -0.322 e. The van der Waals surface area contributed by atoms with Crippen molar-refractivity contribution in [1.29, 1.82) is 0 Å². The van der Waals surface area contributed by atoms with E-state index in [2.05, 4.69) is 13.2 Å². The van der Waals surface area contributed by atoms with Crippen molar-refractivity contribution in [2.45, 2.75) is 12.8 Å². The largest absolute Gasteiger partial charge is 0.322 e. The molecular weight excluding hydrogens is 252 g/mol. The molecule has 0 aliphatic carbocycles. The first-order valence-electron chi connectivity index (χ1n) is 6.32. The maximum absolute atomic E-state index is 11.9. The van der Waals surface area contributed by atoms with E-state index in [1.165, 1.54) is 22.2 Å². The van der Waals surface area contributed by atoms with Gasteiger partial charge in [-0.05, 0) is 23.5 Å². The summed E-state index contributed by atoms with van der Waals surface area (Å²) in [5.74, 6) is -0.117. The SMILES string of the molecule is C=CN(C)C(=O)Cc1ccccc1CC(=O)N(C)C=C. The fourth-order valence-electron chi connectivity index (χ4n) is 1.68. The fraction of sp³-hybridized carbons (Fsp3) is 0.250. The lowest BCUT2D eigenvalue weighted by atomic mass is 10.0. The van der Waals surface area contributed by atoms with Crippen LogP contribution in [-0.4, -0.2) is 35.7 Å². The van der Waals surface area contributed by atoms with E-state index in [0.29, 0.717) is 0 Å². The Bertz CT molecular complexity index is 476. The first kappa shape index (κ1) is 15.7. The molecule has 0 saturated heterocycles. The van der Waals surface area contributed by atoms with Gasteiger partial charge in [0.1, 0.15) is 0 Å². The Morgan fingerprint density at radius 3 is 1.60 bits per heavy atom. The number of hydrogen-bond donors (Lipinski definition) is 0. The summed E-state index contributed by atoms with van der Waals surface area (Å²) in [5.41, 5.74) is 1.72. The van der Waals surface area contributed by atoms with Gasteiger partial charge in [0, 0.05) is 14.1 Å². The Kier molecular flexibility index (Phi) is 5.72. The third-order valence-electron chi connectivity index (χ3n) is 3.14. The molecule has 0 aliphatic heterocycles. The van der Waals surface area contributed by atoms with Gasteiger partial charge in [0.2, 0.25) is 11.8 Å². The Morgan fingerprint density at radius 1 is 0.950 bits per heavy atom. The summed E-state index contributed by atoms with van der Waals surface area (Å²) in [4.78, 5) is 26.7. The van der Waals surface area contributed by atoms with Crippen LogP contribution in [0, 0.1) is 0 Å². The van der Waals surface area contributed by atoms with Crippen molar-refractivity contribution in [3.63, 3.8) is 0 Å². The topological polar surface area (TPSA) is 40.6 Å². The average molecular weight is 272 g/mol. The zero-order valence-electron chi connectivity index (χ0n) is 12.0. The van der Waals surface area contributed by atoms with E-state index in [-0.39, 0.29) is 24.7 Å². The maximum atomic E-state index is 11.9. The molecule has 0 N–H and O–H groups in total. The van der Waals surface area contributed by atoms with Crippen molar-refractivity contribution in [2.24, 2.45) is 0 Å². The quantitative estimate of drug-likeness (QED) is 0.794. The summed E-state index contributed by atoms with van der Waals surface area (Å²) in [6, 6.07) is 7.46. The third-order valence-corrected chi connectivity index (χ3v) is 3.14. The average Bonchev–Trinajstić information content (AvgIpc) is 2.47. The molecule has 0 radical (unpaired) electrons. The number of carbonyl (C=O) groups is 2. The molecular formula is C16H20N2O2. The molecule has 2 amide bonds. The molecule has 0 saturated carbocycles. The van der Waals surface area contributed by atoms with Crippen molar-refractivity contribution in [3.8, 4) is 0 Å². The van der Waals surface area contributed by atoms with E-state index in [1.54, 1.807) is 14.1 Å². The number of benzene rings is 1. The first-order chi connectivity index (χ1) is 9.49. The van der Waals surface area contributed by atoms with Gasteiger partial charge >= 0.3 is 0 Å². The molecule has 0 fully saturated rings. The highest BCUT2D eigenvalue weighted by molar-refractivity contribution is 5.82. The molecule has 20 heavy (non-hydrogen) atoms. The number of hydrogen-bond acceptors (Lipinski definition) is 2. The van der Waals surface area contributed by atoms with Gasteiger partial charge in [0.25, 0.3) is 0 Å². The Hall–Kier alpha value is -2.36. The summed E-state index contributed by atoms with van der Waals surface area (Å²) in [5, 5.41) is 0. The summed E-state index contributed by atoms with van der Waals surface area (Å²) < 4.78 is 0. The molecule has 0 heterocycles. The number of amides is 2. The standard InChI is InChI=1S/C16H20N2O2/c1-5-17(3)15(19)11-13-9-7-8-10-14(13)12-16(20)18(4)6-2/h5-10H,1-2,11-12H2,3-4H3. The minimum atomic E-state index is -0.0584. The van der Waals surface area contributed by atoms with Gasteiger partial charge in [0.05, 0.1) is 12.8 Å². The van der Waals surface area contributed by atoms with Crippen LogP contribution in [0.1, 0.15) is 11.1 Å². The smallest absolute Gasteiger partial charge is 0.230 e. The van der Waals surface area contributed by atoms with Crippen molar-refractivity contribution in [1.82, 2.24) is 9.80 Å². The summed E-state index contributed by atoms with van der Waals surface area (Å²) in [7, 11) is 3.32. The molecule has 1 rings (SSSR count). The Balaban J connectivity index is 2.88. The van der Waals surface area contributed by atoms with Gasteiger partial charge in [-0.2, -0.15) is 0 Å². The van der Waals surface area contributed by atoms with E-state index in [9.17, 15) is 9.59 Å². The second-order valence-electron chi connectivity index (χ2n) is 4.50. The van der Waals surface area contributed by atoms with Gasteiger partial charge in [-0.15, -0.1) is 0 Å². The van der Waals surface area contributed by atoms with Gasteiger partial charge in [-0.25, -0.2) is 0 Å². The number of rotatable bonds is 6. The van der Waals surface area contributed by atoms with Crippen LogP contribution in [0.15, 0.2) is 49.8 Å². The van der Waals surface area contributed by atoms with Crippen LogP contribution >= 0.6 is 0 Å². The number of likely N-dealkylation sites (N-methyl/N-ethyl adjacent to an activating group) is 2. The molecule has 1 aromatic carbocycles. The zero-order valence-corrected chi connectivity index (χ0v) is 12.0. The van der Waals surface area contributed by atoms with Crippen LogP contribution < -0.4 is 0 Å². The van der Waals surface area contributed by atoms with Crippen molar-refractivity contribution < 1.29 is 9.59 Å². The van der Waals surface area contributed by atoms with Crippen LogP contribution in [0.5, 0.6) is 0 Å². The van der Waals surface area contributed by atoms with E-state index in [4.69, 9.17) is 0 Å². The van der Waals surface area contributed by atoms with Crippen LogP contribution in [0.25, 0.3) is 0 Å². The Morgan fingerprint density at radius 2 is 1.30 bits per heavy atom. The molecule has 1 aromatic rings. The van der Waals surface area contributed by atoms with Crippen LogP contribution in [0.2, 0.25) is 0 Å². The summed E-state index contributed by atoms with van der Waals surface area (Å²) in [6.07, 6.45) is 3.46. The second-order valence-corrected chi connectivity index (χ2v) is 4.50. The lowest BCUT2D eigenvalue weighted by Crippen LogP contribution is -2.25. The monoisotopic (exact) mass is 272 g/mol. The van der Waals surface area contributed by atoms with Crippen LogP contribution in [-0.2, 0) is 22.4 Å². The van der Waals surface area contributed by atoms with E-state index >= 15 is 0 Å². The van der Waals surface area contributed by atoms with Crippen molar-refractivity contribution in [2.75, 3.05) is 14.1 Å². The molecule has 0 aromatic heterocycles. The number of nitrogens with zero attached hydrogens (tertiary/aromatic N) is 2. The van der Waals surface area contributed by atoms with Crippen molar-refractivity contribution in [3.05, 3.63) is 61.0 Å². The van der Waals surface area contributed by atoms with Crippen LogP contribution in [0.3, 0.4) is 0 Å². The summed E-state index contributed by atoms with van der Waals surface area (Å²) >= 11 is 0. The van der Waals surface area contributed by atoms with E-state index in [0.717, 1.165) is 11.1 Å². The predicted molar refractivity (Wildman–Crippen MR) is 79.8 cm³/mol. The normalized spacial score (nSPS) is 9.70. The number of carbonyl (C=O) groups excluding carboxylic acids is 2. The highest BCUT2D eigenvalue weighted by atomic mass is 16.2. The lowest BCUT2D eigenvalue weighted by Gasteiger charge is -2.15. The molecule has 0 unspecified atom stereocenters. The van der Waals surface area contributed by atoms with Gasteiger partial charge < -0.3 is 9.80 Å². The maximum Gasteiger partial charge on any atom is 0.230 e. The lowest BCUT2D eigenvalue weighted by molar-refractivity contribution is -0.128. The van der Waals surface area contributed by atoms with Gasteiger partial charge in [-0.3, -0.25) is 9.59 Å². The predicted octanol–water partition coefficient (Wildman–Crippen LogP) is 1.98. The molecule has 4 heteroatoms. The molecule has 4 nitrogen and oxygen atoms in total. The van der Waals surface area contributed by atoms with E-state index in [1.807, 2.05) is 24.3 Å². The first-order valence-corrected chi connectivity index (χ1v) is 6.32.